The van der Waals surface area contributed by atoms with Gasteiger partial charge in [0, 0.05) is 17.3 Å². The quantitative estimate of drug-likeness (QED) is 0.872. The van der Waals surface area contributed by atoms with Crippen LogP contribution in [0.15, 0.2) is 24.3 Å². The Labute approximate surface area is 127 Å². The number of aliphatic hydroxyl groups excluding tert-OH is 1. The highest BCUT2D eigenvalue weighted by Gasteiger charge is 2.36. The molecule has 2 rings (SSSR count). The van der Waals surface area contributed by atoms with E-state index in [1.165, 1.54) is 24.0 Å². The normalized spacial score (nSPS) is 23.9. The number of rotatable bonds is 5. The van der Waals surface area contributed by atoms with Crippen LogP contribution in [-0.2, 0) is 6.42 Å². The predicted octanol–water partition coefficient (Wildman–Crippen LogP) is 3.40. The minimum absolute atomic E-state index is 0.226. The molecule has 1 aromatic rings. The highest BCUT2D eigenvalue weighted by atomic mass is 32.2. The van der Waals surface area contributed by atoms with Gasteiger partial charge in [0.2, 0.25) is 0 Å². The van der Waals surface area contributed by atoms with Gasteiger partial charge in [-0.15, -0.1) is 0 Å². The number of nitrogens with one attached hydrogen (secondary N) is 1. The lowest BCUT2D eigenvalue weighted by atomic mass is 9.70. The first-order valence-corrected chi connectivity index (χ1v) is 8.76. The van der Waals surface area contributed by atoms with Gasteiger partial charge in [-0.1, -0.05) is 38.1 Å². The lowest BCUT2D eigenvalue weighted by molar-refractivity contribution is 0.185. The Bertz CT molecular complexity index is 442. The molecule has 0 fully saturated rings. The third-order valence-electron chi connectivity index (χ3n) is 4.66. The first kappa shape index (κ1) is 15.9. The molecule has 0 aliphatic heterocycles. The molecule has 3 heteroatoms. The maximum absolute atomic E-state index is 9.49. The molecule has 0 spiro atoms. The summed E-state index contributed by atoms with van der Waals surface area (Å²) in [4.78, 5) is 0. The van der Waals surface area contributed by atoms with Crippen molar-refractivity contribution in [2.75, 3.05) is 12.9 Å². The molecule has 1 aromatic carbocycles. The minimum Gasteiger partial charge on any atom is -0.395 e. The average molecular weight is 293 g/mol. The van der Waals surface area contributed by atoms with Crippen molar-refractivity contribution in [2.24, 2.45) is 5.41 Å². The molecule has 0 aromatic heterocycles. The Hall–Kier alpha value is -0.510. The Morgan fingerprint density at radius 1 is 1.40 bits per heavy atom. The summed E-state index contributed by atoms with van der Waals surface area (Å²) < 4.78 is 0. The van der Waals surface area contributed by atoms with Crippen LogP contribution >= 0.6 is 11.8 Å². The van der Waals surface area contributed by atoms with E-state index in [2.05, 4.69) is 56.6 Å². The van der Waals surface area contributed by atoms with Crippen LogP contribution in [0.2, 0.25) is 0 Å². The molecule has 112 valence electrons. The summed E-state index contributed by atoms with van der Waals surface area (Å²) in [5, 5.41) is 13.5. The van der Waals surface area contributed by atoms with Gasteiger partial charge in [-0.25, -0.2) is 0 Å². The lowest BCUT2D eigenvalue weighted by Gasteiger charge is -2.43. The summed E-state index contributed by atoms with van der Waals surface area (Å²) in [5.41, 5.74) is 3.16. The molecule has 0 saturated heterocycles. The zero-order valence-corrected chi connectivity index (χ0v) is 13.8. The van der Waals surface area contributed by atoms with Crippen molar-refractivity contribution in [3.63, 3.8) is 0 Å². The fourth-order valence-corrected chi connectivity index (χ4v) is 3.82. The maximum Gasteiger partial charge on any atom is 0.0564 e. The molecule has 2 nitrogen and oxygen atoms in total. The topological polar surface area (TPSA) is 32.3 Å². The second-order valence-electron chi connectivity index (χ2n) is 6.53. The van der Waals surface area contributed by atoms with Gasteiger partial charge in [-0.05, 0) is 42.6 Å². The number of aryl methyl sites for hydroxylation is 1. The van der Waals surface area contributed by atoms with E-state index in [-0.39, 0.29) is 17.3 Å². The van der Waals surface area contributed by atoms with Gasteiger partial charge >= 0.3 is 0 Å². The number of fused-ring (bicyclic) bond motifs is 1. The molecular weight excluding hydrogens is 266 g/mol. The van der Waals surface area contributed by atoms with Crippen molar-refractivity contribution < 1.29 is 5.11 Å². The molecule has 3 unspecified atom stereocenters. The number of benzene rings is 1. The van der Waals surface area contributed by atoms with E-state index in [9.17, 15) is 5.11 Å². The smallest absolute Gasteiger partial charge is 0.0564 e. The Morgan fingerprint density at radius 3 is 2.75 bits per heavy atom. The van der Waals surface area contributed by atoms with Crippen LogP contribution in [0.25, 0.3) is 0 Å². The molecule has 0 heterocycles. The highest BCUT2D eigenvalue weighted by Crippen LogP contribution is 2.43. The van der Waals surface area contributed by atoms with Crippen LogP contribution in [0.5, 0.6) is 0 Å². The van der Waals surface area contributed by atoms with Crippen molar-refractivity contribution in [3.05, 3.63) is 35.4 Å². The molecular formula is C17H27NOS. The molecule has 1 aliphatic rings. The minimum atomic E-state index is 0.226. The van der Waals surface area contributed by atoms with E-state index in [4.69, 9.17) is 0 Å². The lowest BCUT2D eigenvalue weighted by Crippen LogP contribution is -2.46. The van der Waals surface area contributed by atoms with E-state index in [0.717, 1.165) is 0 Å². The van der Waals surface area contributed by atoms with Crippen molar-refractivity contribution in [1.29, 1.82) is 0 Å². The fourth-order valence-electron chi connectivity index (χ4n) is 3.19. The van der Waals surface area contributed by atoms with Crippen molar-refractivity contribution in [3.8, 4) is 0 Å². The summed E-state index contributed by atoms with van der Waals surface area (Å²) in [7, 11) is 0. The van der Waals surface area contributed by atoms with Gasteiger partial charge in [0.25, 0.3) is 0 Å². The SMILES string of the molecule is CSC(CO)C(C)NC1c2ccccc2CCC1(C)C. The first-order chi connectivity index (χ1) is 9.49. The van der Waals surface area contributed by atoms with E-state index < -0.39 is 0 Å². The van der Waals surface area contributed by atoms with Gasteiger partial charge in [0.1, 0.15) is 0 Å². The van der Waals surface area contributed by atoms with Crippen molar-refractivity contribution in [1.82, 2.24) is 5.32 Å². The Kier molecular flexibility index (Phi) is 5.16. The summed E-state index contributed by atoms with van der Waals surface area (Å²) in [6, 6.07) is 9.44. The van der Waals surface area contributed by atoms with Crippen molar-refractivity contribution in [2.45, 2.75) is 50.9 Å². The Morgan fingerprint density at radius 2 is 2.10 bits per heavy atom. The zero-order valence-electron chi connectivity index (χ0n) is 13.0. The van der Waals surface area contributed by atoms with Gasteiger partial charge in [0.05, 0.1) is 6.61 Å². The standard InChI is InChI=1S/C17H27NOS/c1-12(15(11-19)20-4)18-16-14-8-6-5-7-13(14)9-10-17(16,2)3/h5-8,12,15-16,18-19H,9-11H2,1-4H3. The summed E-state index contributed by atoms with van der Waals surface area (Å²) in [6.45, 7) is 7.11. The molecule has 0 amide bonds. The summed E-state index contributed by atoms with van der Waals surface area (Å²) in [5.74, 6) is 0. The van der Waals surface area contributed by atoms with Crippen LogP contribution in [0, 0.1) is 5.41 Å². The average Bonchev–Trinajstić information content (AvgIpc) is 2.43. The van der Waals surface area contributed by atoms with Crippen LogP contribution in [0.3, 0.4) is 0 Å². The number of hydrogen-bond acceptors (Lipinski definition) is 3. The summed E-state index contributed by atoms with van der Waals surface area (Å²) in [6.07, 6.45) is 4.44. The Balaban J connectivity index is 2.24. The molecule has 20 heavy (non-hydrogen) atoms. The van der Waals surface area contributed by atoms with Crippen LogP contribution < -0.4 is 5.32 Å². The maximum atomic E-state index is 9.49. The molecule has 2 N–H and O–H groups in total. The summed E-state index contributed by atoms with van der Waals surface area (Å²) >= 11 is 1.74. The molecule has 1 aliphatic carbocycles. The van der Waals surface area contributed by atoms with Crippen LogP contribution in [0.1, 0.15) is 44.4 Å². The highest BCUT2D eigenvalue weighted by molar-refractivity contribution is 7.99. The number of thioether (sulfide) groups is 1. The van der Waals surface area contributed by atoms with E-state index in [1.807, 2.05) is 0 Å². The third kappa shape index (κ3) is 3.21. The second-order valence-corrected chi connectivity index (χ2v) is 7.61. The van der Waals surface area contributed by atoms with Crippen LogP contribution in [0.4, 0.5) is 0 Å². The van der Waals surface area contributed by atoms with Gasteiger partial charge in [-0.3, -0.25) is 0 Å². The van der Waals surface area contributed by atoms with E-state index >= 15 is 0 Å². The first-order valence-electron chi connectivity index (χ1n) is 7.47. The fraction of sp³-hybridized carbons (Fsp3) is 0.647. The largest absolute Gasteiger partial charge is 0.395 e. The molecule has 0 bridgehead atoms. The van der Waals surface area contributed by atoms with Crippen molar-refractivity contribution >= 4 is 11.8 Å². The molecule has 0 saturated carbocycles. The predicted molar refractivity (Wildman–Crippen MR) is 88.3 cm³/mol. The van der Waals surface area contributed by atoms with Gasteiger partial charge < -0.3 is 10.4 Å². The molecule has 0 radical (unpaired) electrons. The van der Waals surface area contributed by atoms with Gasteiger partial charge in [-0.2, -0.15) is 11.8 Å². The molecule has 3 atom stereocenters. The van der Waals surface area contributed by atoms with E-state index in [0.29, 0.717) is 12.1 Å². The van der Waals surface area contributed by atoms with Crippen LogP contribution in [-0.4, -0.2) is 29.3 Å². The monoisotopic (exact) mass is 293 g/mol. The zero-order chi connectivity index (χ0) is 14.8. The van der Waals surface area contributed by atoms with Gasteiger partial charge in [0.15, 0.2) is 0 Å². The van der Waals surface area contributed by atoms with E-state index in [1.54, 1.807) is 11.8 Å². The number of aliphatic hydroxyl groups is 1. The second kappa shape index (κ2) is 6.50. The third-order valence-corrected chi connectivity index (χ3v) is 5.82. The number of hydrogen-bond donors (Lipinski definition) is 2.